The summed E-state index contributed by atoms with van der Waals surface area (Å²) in [5.74, 6) is -0.854. The molecular weight excluding hydrogens is 329 g/mol. The van der Waals surface area contributed by atoms with Crippen molar-refractivity contribution in [1.82, 2.24) is 0 Å². The molecule has 0 bridgehead atoms. The van der Waals surface area contributed by atoms with Crippen LogP contribution in [0.3, 0.4) is 0 Å². The Morgan fingerprint density at radius 1 is 1.08 bits per heavy atom. The molecule has 0 aliphatic rings. The highest BCUT2D eigenvalue weighted by Gasteiger charge is 2.23. The van der Waals surface area contributed by atoms with Gasteiger partial charge in [-0.05, 0) is 48.4 Å². The number of carbonyl (C=O) groups is 1. The zero-order valence-corrected chi connectivity index (χ0v) is 14.7. The molecule has 4 nitrogen and oxygen atoms in total. The summed E-state index contributed by atoms with van der Waals surface area (Å²) in [5.41, 5.74) is 1.36. The molecule has 0 aliphatic carbocycles. The van der Waals surface area contributed by atoms with E-state index in [-0.39, 0.29) is 22.5 Å². The smallest absolute Gasteiger partial charge is 0.234 e. The zero-order valence-electron chi connectivity index (χ0n) is 13.9. The van der Waals surface area contributed by atoms with Crippen molar-refractivity contribution in [2.24, 2.45) is 0 Å². The molecule has 0 N–H and O–H groups in total. The van der Waals surface area contributed by atoms with Crippen molar-refractivity contribution < 1.29 is 17.6 Å². The molecule has 2 aromatic rings. The van der Waals surface area contributed by atoms with Crippen LogP contribution in [0.1, 0.15) is 24.8 Å². The lowest BCUT2D eigenvalue weighted by Crippen LogP contribution is -2.31. The SMILES string of the molecule is CC[C@H](C(=O)N(C)c1ccc(S(C)(=O)=O)cc1)c1ccc(F)cc1. The maximum atomic E-state index is 13.1. The summed E-state index contributed by atoms with van der Waals surface area (Å²) in [6, 6.07) is 12.1. The van der Waals surface area contributed by atoms with Gasteiger partial charge >= 0.3 is 0 Å². The number of benzene rings is 2. The van der Waals surface area contributed by atoms with E-state index in [0.29, 0.717) is 12.1 Å². The van der Waals surface area contributed by atoms with Gasteiger partial charge in [-0.2, -0.15) is 0 Å². The van der Waals surface area contributed by atoms with Gasteiger partial charge in [0, 0.05) is 19.0 Å². The van der Waals surface area contributed by atoms with Crippen molar-refractivity contribution in [3.63, 3.8) is 0 Å². The van der Waals surface area contributed by atoms with E-state index in [0.717, 1.165) is 11.8 Å². The van der Waals surface area contributed by atoms with Gasteiger partial charge in [0.05, 0.1) is 10.8 Å². The van der Waals surface area contributed by atoms with Crippen molar-refractivity contribution in [3.8, 4) is 0 Å². The predicted molar refractivity (Wildman–Crippen MR) is 92.4 cm³/mol. The molecule has 128 valence electrons. The molecular formula is C18H20FNO3S. The Labute approximate surface area is 141 Å². The third-order valence-electron chi connectivity index (χ3n) is 3.96. The van der Waals surface area contributed by atoms with Crippen molar-refractivity contribution >= 4 is 21.4 Å². The number of likely N-dealkylation sites (N-methyl/N-ethyl adjacent to an activating group) is 1. The Bertz CT molecular complexity index is 814. The Morgan fingerprint density at radius 2 is 1.62 bits per heavy atom. The normalized spacial score (nSPS) is 12.7. The topological polar surface area (TPSA) is 54.5 Å². The van der Waals surface area contributed by atoms with Gasteiger partial charge in [-0.15, -0.1) is 0 Å². The van der Waals surface area contributed by atoms with Crippen molar-refractivity contribution in [1.29, 1.82) is 0 Å². The van der Waals surface area contributed by atoms with Crippen molar-refractivity contribution in [2.45, 2.75) is 24.2 Å². The highest BCUT2D eigenvalue weighted by Crippen LogP contribution is 2.25. The van der Waals surface area contributed by atoms with E-state index in [1.165, 1.54) is 29.2 Å². The number of sulfone groups is 1. The summed E-state index contributed by atoms with van der Waals surface area (Å²) in [6.07, 6.45) is 1.72. The van der Waals surface area contributed by atoms with Crippen molar-refractivity contribution in [3.05, 3.63) is 59.9 Å². The van der Waals surface area contributed by atoms with Crippen LogP contribution in [-0.4, -0.2) is 27.6 Å². The van der Waals surface area contributed by atoms with E-state index in [4.69, 9.17) is 0 Å². The van der Waals surface area contributed by atoms with Crippen LogP contribution < -0.4 is 4.90 Å². The standard InChI is InChI=1S/C18H20FNO3S/c1-4-17(13-5-7-14(19)8-6-13)18(21)20(2)15-9-11-16(12-10-15)24(3,22)23/h5-12,17H,4H2,1-3H3/t17-/m0/s1. The lowest BCUT2D eigenvalue weighted by molar-refractivity contribution is -0.119. The van der Waals surface area contributed by atoms with Gasteiger partial charge in [0.2, 0.25) is 5.91 Å². The van der Waals surface area contributed by atoms with Gasteiger partial charge in [-0.3, -0.25) is 4.79 Å². The first-order valence-electron chi connectivity index (χ1n) is 7.57. The van der Waals surface area contributed by atoms with Crippen LogP contribution in [0.5, 0.6) is 0 Å². The Morgan fingerprint density at radius 3 is 2.08 bits per heavy atom. The molecule has 1 amide bonds. The Hall–Kier alpha value is -2.21. The van der Waals surface area contributed by atoms with Gasteiger partial charge in [0.1, 0.15) is 5.82 Å². The fraction of sp³-hybridized carbons (Fsp3) is 0.278. The summed E-state index contributed by atoms with van der Waals surface area (Å²) in [6.45, 7) is 1.90. The van der Waals surface area contributed by atoms with Crippen LogP contribution in [0.25, 0.3) is 0 Å². The molecule has 1 atom stereocenters. The fourth-order valence-electron chi connectivity index (χ4n) is 2.53. The molecule has 2 aromatic carbocycles. The minimum Gasteiger partial charge on any atom is -0.315 e. The van der Waals surface area contributed by atoms with Crippen LogP contribution in [-0.2, 0) is 14.6 Å². The molecule has 0 aromatic heterocycles. The van der Waals surface area contributed by atoms with Gasteiger partial charge in [0.25, 0.3) is 0 Å². The number of hydrogen-bond donors (Lipinski definition) is 0. The Kier molecular flexibility index (Phi) is 5.39. The van der Waals surface area contributed by atoms with Crippen LogP contribution >= 0.6 is 0 Å². The van der Waals surface area contributed by atoms with E-state index < -0.39 is 9.84 Å². The van der Waals surface area contributed by atoms with E-state index >= 15 is 0 Å². The minimum absolute atomic E-state index is 0.129. The molecule has 0 saturated carbocycles. The first-order chi connectivity index (χ1) is 11.2. The molecule has 2 rings (SSSR count). The van der Waals surface area contributed by atoms with Gasteiger partial charge < -0.3 is 4.90 Å². The number of amides is 1. The monoisotopic (exact) mass is 349 g/mol. The van der Waals surface area contributed by atoms with Gasteiger partial charge in [0.15, 0.2) is 9.84 Å². The van der Waals surface area contributed by atoms with Crippen LogP contribution in [0, 0.1) is 5.82 Å². The molecule has 0 unspecified atom stereocenters. The highest BCUT2D eigenvalue weighted by atomic mass is 32.2. The molecule has 0 aliphatic heterocycles. The molecule has 0 saturated heterocycles. The average molecular weight is 349 g/mol. The number of anilines is 1. The van der Waals surface area contributed by atoms with E-state index in [9.17, 15) is 17.6 Å². The molecule has 0 spiro atoms. The number of halogens is 1. The first-order valence-corrected chi connectivity index (χ1v) is 9.46. The fourth-order valence-corrected chi connectivity index (χ4v) is 3.16. The molecule has 0 fully saturated rings. The second-order valence-corrected chi connectivity index (χ2v) is 7.69. The number of carbonyl (C=O) groups excluding carboxylic acids is 1. The minimum atomic E-state index is -3.27. The van der Waals surface area contributed by atoms with Crippen LogP contribution in [0.2, 0.25) is 0 Å². The molecule has 24 heavy (non-hydrogen) atoms. The predicted octanol–water partition coefficient (Wildman–Crippen LogP) is 3.39. The lowest BCUT2D eigenvalue weighted by atomic mass is 9.95. The summed E-state index contributed by atoms with van der Waals surface area (Å²) in [4.78, 5) is 14.5. The quantitative estimate of drug-likeness (QED) is 0.831. The third-order valence-corrected chi connectivity index (χ3v) is 5.09. The summed E-state index contributed by atoms with van der Waals surface area (Å²) in [5, 5.41) is 0. The summed E-state index contributed by atoms with van der Waals surface area (Å²) >= 11 is 0. The third kappa shape index (κ3) is 4.00. The molecule has 6 heteroatoms. The number of rotatable bonds is 5. The molecule has 0 heterocycles. The number of hydrogen-bond acceptors (Lipinski definition) is 3. The Balaban J connectivity index is 2.25. The van der Waals surface area contributed by atoms with Gasteiger partial charge in [-0.1, -0.05) is 19.1 Å². The maximum absolute atomic E-state index is 13.1. The lowest BCUT2D eigenvalue weighted by Gasteiger charge is -2.23. The zero-order chi connectivity index (χ0) is 17.9. The summed E-state index contributed by atoms with van der Waals surface area (Å²) in [7, 11) is -1.63. The van der Waals surface area contributed by atoms with Crippen molar-refractivity contribution in [2.75, 3.05) is 18.2 Å². The largest absolute Gasteiger partial charge is 0.315 e. The summed E-state index contributed by atoms with van der Waals surface area (Å²) < 4.78 is 36.1. The van der Waals surface area contributed by atoms with E-state index in [2.05, 4.69) is 0 Å². The second-order valence-electron chi connectivity index (χ2n) is 5.68. The number of nitrogens with zero attached hydrogens (tertiary/aromatic N) is 1. The van der Waals surface area contributed by atoms with Crippen LogP contribution in [0.15, 0.2) is 53.4 Å². The van der Waals surface area contributed by atoms with Gasteiger partial charge in [-0.25, -0.2) is 12.8 Å². The maximum Gasteiger partial charge on any atom is 0.234 e. The second kappa shape index (κ2) is 7.13. The van der Waals surface area contributed by atoms with Crippen LogP contribution in [0.4, 0.5) is 10.1 Å². The van der Waals surface area contributed by atoms with E-state index in [1.807, 2.05) is 6.92 Å². The average Bonchev–Trinajstić information content (AvgIpc) is 2.55. The highest BCUT2D eigenvalue weighted by molar-refractivity contribution is 7.90. The molecule has 0 radical (unpaired) electrons. The first kappa shape index (κ1) is 18.1. The van der Waals surface area contributed by atoms with E-state index in [1.54, 1.807) is 31.3 Å².